The average molecular weight is 366 g/mol. The summed E-state index contributed by atoms with van der Waals surface area (Å²) < 4.78 is 7.03. The molecule has 0 radical (unpaired) electrons. The van der Waals surface area contributed by atoms with Gasteiger partial charge in [0.2, 0.25) is 5.91 Å². The Bertz CT molecular complexity index is 411. The lowest BCUT2D eigenvalue weighted by molar-refractivity contribution is -0.118. The van der Waals surface area contributed by atoms with Crippen LogP contribution < -0.4 is 15.4 Å². The molecular formula is C11H14Br2N2O2. The first-order valence-electron chi connectivity index (χ1n) is 5.06. The minimum absolute atomic E-state index is 0.0285. The zero-order chi connectivity index (χ0) is 12.8. The molecule has 0 heterocycles. The number of hydrogen-bond donors (Lipinski definition) is 2. The van der Waals surface area contributed by atoms with Crippen LogP contribution in [-0.4, -0.2) is 26.1 Å². The van der Waals surface area contributed by atoms with Crippen LogP contribution in [0.1, 0.15) is 6.92 Å². The lowest BCUT2D eigenvalue weighted by atomic mass is 10.3. The zero-order valence-electron chi connectivity index (χ0n) is 9.64. The van der Waals surface area contributed by atoms with Crippen molar-refractivity contribution in [3.63, 3.8) is 0 Å². The van der Waals surface area contributed by atoms with Crippen molar-refractivity contribution >= 4 is 43.5 Å². The van der Waals surface area contributed by atoms with Crippen LogP contribution >= 0.6 is 31.9 Å². The Morgan fingerprint density at radius 3 is 2.59 bits per heavy atom. The summed E-state index contributed by atoms with van der Waals surface area (Å²) in [6.45, 7) is 2.74. The SMILES string of the molecule is COc1cc(NCCNC(C)=O)c(Br)cc1Br. The van der Waals surface area contributed by atoms with Crippen molar-refractivity contribution in [2.75, 3.05) is 25.5 Å². The molecule has 0 aliphatic rings. The molecule has 0 aliphatic heterocycles. The van der Waals surface area contributed by atoms with Gasteiger partial charge < -0.3 is 15.4 Å². The molecule has 0 atom stereocenters. The maximum Gasteiger partial charge on any atom is 0.216 e. The lowest BCUT2D eigenvalue weighted by Gasteiger charge is -2.12. The van der Waals surface area contributed by atoms with Gasteiger partial charge in [-0.05, 0) is 37.9 Å². The van der Waals surface area contributed by atoms with Crippen molar-refractivity contribution < 1.29 is 9.53 Å². The smallest absolute Gasteiger partial charge is 0.216 e. The number of carbonyl (C=O) groups excluding carboxylic acids is 1. The summed E-state index contributed by atoms with van der Waals surface area (Å²) in [5.74, 6) is 0.731. The minimum Gasteiger partial charge on any atom is -0.495 e. The van der Waals surface area contributed by atoms with Gasteiger partial charge in [0.1, 0.15) is 5.75 Å². The molecule has 1 aromatic rings. The van der Waals surface area contributed by atoms with Crippen LogP contribution in [0.5, 0.6) is 5.75 Å². The van der Waals surface area contributed by atoms with Crippen molar-refractivity contribution in [2.24, 2.45) is 0 Å². The Balaban J connectivity index is 2.61. The highest BCUT2D eigenvalue weighted by Gasteiger charge is 2.06. The number of nitrogens with one attached hydrogen (secondary N) is 2. The number of rotatable bonds is 5. The quantitative estimate of drug-likeness (QED) is 0.789. The van der Waals surface area contributed by atoms with E-state index < -0.39 is 0 Å². The number of benzene rings is 1. The Labute approximate surface area is 117 Å². The van der Waals surface area contributed by atoms with E-state index in [0.29, 0.717) is 13.1 Å². The zero-order valence-corrected chi connectivity index (χ0v) is 12.8. The van der Waals surface area contributed by atoms with Crippen LogP contribution in [0.3, 0.4) is 0 Å². The Kier molecular flexibility index (Phi) is 5.77. The summed E-state index contributed by atoms with van der Waals surface area (Å²) in [6.07, 6.45) is 0. The van der Waals surface area contributed by atoms with Crippen molar-refractivity contribution in [1.82, 2.24) is 5.32 Å². The van der Waals surface area contributed by atoms with Gasteiger partial charge in [0.25, 0.3) is 0 Å². The molecule has 0 aromatic heterocycles. The molecule has 0 unspecified atom stereocenters. The second-order valence-corrected chi connectivity index (χ2v) is 5.09. The van der Waals surface area contributed by atoms with Gasteiger partial charge in [0, 0.05) is 30.6 Å². The Morgan fingerprint density at radius 2 is 2.00 bits per heavy atom. The van der Waals surface area contributed by atoms with Crippen molar-refractivity contribution in [3.8, 4) is 5.75 Å². The summed E-state index contributed by atoms with van der Waals surface area (Å²) in [6, 6.07) is 3.81. The van der Waals surface area contributed by atoms with Crippen LogP contribution in [0.15, 0.2) is 21.1 Å². The topological polar surface area (TPSA) is 50.4 Å². The van der Waals surface area contributed by atoms with Gasteiger partial charge in [-0.25, -0.2) is 0 Å². The molecule has 1 amide bonds. The molecule has 2 N–H and O–H groups in total. The van der Waals surface area contributed by atoms with E-state index in [-0.39, 0.29) is 5.91 Å². The van der Waals surface area contributed by atoms with E-state index in [1.54, 1.807) is 7.11 Å². The van der Waals surface area contributed by atoms with Gasteiger partial charge >= 0.3 is 0 Å². The van der Waals surface area contributed by atoms with E-state index in [1.807, 2.05) is 12.1 Å². The molecule has 4 nitrogen and oxygen atoms in total. The highest BCUT2D eigenvalue weighted by atomic mass is 79.9. The van der Waals surface area contributed by atoms with E-state index in [9.17, 15) is 4.79 Å². The standard InChI is InChI=1S/C11H14Br2N2O2/c1-7(16)14-3-4-15-10-6-11(17-2)9(13)5-8(10)12/h5-6,15H,3-4H2,1-2H3,(H,14,16). The Morgan fingerprint density at radius 1 is 1.29 bits per heavy atom. The molecule has 0 saturated carbocycles. The van der Waals surface area contributed by atoms with Crippen LogP contribution in [0.2, 0.25) is 0 Å². The molecule has 6 heteroatoms. The van der Waals surface area contributed by atoms with Gasteiger partial charge in [0.05, 0.1) is 17.3 Å². The third kappa shape index (κ3) is 4.55. The van der Waals surface area contributed by atoms with E-state index in [1.165, 1.54) is 6.92 Å². The minimum atomic E-state index is -0.0285. The number of carbonyl (C=O) groups is 1. The van der Waals surface area contributed by atoms with Gasteiger partial charge in [-0.1, -0.05) is 0 Å². The van der Waals surface area contributed by atoms with Crippen LogP contribution in [0.25, 0.3) is 0 Å². The van der Waals surface area contributed by atoms with Gasteiger partial charge in [-0.2, -0.15) is 0 Å². The molecule has 1 rings (SSSR count). The molecule has 0 aliphatic carbocycles. The summed E-state index contributed by atoms with van der Waals surface area (Å²) >= 11 is 6.86. The summed E-state index contributed by atoms with van der Waals surface area (Å²) in [7, 11) is 1.62. The number of halogens is 2. The van der Waals surface area contributed by atoms with Crippen LogP contribution in [0.4, 0.5) is 5.69 Å². The van der Waals surface area contributed by atoms with Crippen molar-refractivity contribution in [1.29, 1.82) is 0 Å². The second kappa shape index (κ2) is 6.86. The molecular weight excluding hydrogens is 352 g/mol. The van der Waals surface area contributed by atoms with Crippen molar-refractivity contribution in [2.45, 2.75) is 6.92 Å². The highest BCUT2D eigenvalue weighted by Crippen LogP contribution is 2.34. The third-order valence-corrected chi connectivity index (χ3v) is 3.33. The predicted octanol–water partition coefficient (Wildman–Crippen LogP) is 2.77. The fraction of sp³-hybridized carbons (Fsp3) is 0.364. The van der Waals surface area contributed by atoms with Crippen molar-refractivity contribution in [3.05, 3.63) is 21.1 Å². The molecule has 0 fully saturated rings. The molecule has 1 aromatic carbocycles. The summed E-state index contributed by atoms with van der Waals surface area (Å²) in [5, 5.41) is 5.93. The Hall–Kier alpha value is -0.750. The maximum absolute atomic E-state index is 10.7. The number of hydrogen-bond acceptors (Lipinski definition) is 3. The maximum atomic E-state index is 10.7. The summed E-state index contributed by atoms with van der Waals surface area (Å²) in [5.41, 5.74) is 0.926. The first kappa shape index (κ1) is 14.3. The van der Waals surface area contributed by atoms with Gasteiger partial charge in [0.15, 0.2) is 0 Å². The van der Waals surface area contributed by atoms with E-state index >= 15 is 0 Å². The first-order valence-corrected chi connectivity index (χ1v) is 6.64. The normalized spacial score (nSPS) is 9.88. The fourth-order valence-electron chi connectivity index (χ4n) is 1.26. The van der Waals surface area contributed by atoms with Gasteiger partial charge in [-0.3, -0.25) is 4.79 Å². The molecule has 0 bridgehead atoms. The monoisotopic (exact) mass is 364 g/mol. The highest BCUT2D eigenvalue weighted by molar-refractivity contribution is 9.11. The second-order valence-electron chi connectivity index (χ2n) is 3.38. The molecule has 0 saturated heterocycles. The molecule has 17 heavy (non-hydrogen) atoms. The van der Waals surface area contributed by atoms with Gasteiger partial charge in [-0.15, -0.1) is 0 Å². The largest absolute Gasteiger partial charge is 0.495 e. The van der Waals surface area contributed by atoms with E-state index in [2.05, 4.69) is 42.5 Å². The average Bonchev–Trinajstić information content (AvgIpc) is 2.26. The van der Waals surface area contributed by atoms with Crippen LogP contribution in [-0.2, 0) is 4.79 Å². The predicted molar refractivity (Wildman–Crippen MR) is 75.6 cm³/mol. The summed E-state index contributed by atoms with van der Waals surface area (Å²) in [4.78, 5) is 10.7. The first-order chi connectivity index (χ1) is 8.04. The number of ether oxygens (including phenoxy) is 1. The number of amides is 1. The molecule has 94 valence electrons. The van der Waals surface area contributed by atoms with Crippen LogP contribution in [0, 0.1) is 0 Å². The number of anilines is 1. The van der Waals surface area contributed by atoms with E-state index in [4.69, 9.17) is 4.74 Å². The third-order valence-electron chi connectivity index (χ3n) is 2.06. The van der Waals surface area contributed by atoms with E-state index in [0.717, 1.165) is 20.4 Å². The fourth-order valence-corrected chi connectivity index (χ4v) is 2.55. The molecule has 0 spiro atoms. The number of methoxy groups -OCH3 is 1. The lowest BCUT2D eigenvalue weighted by Crippen LogP contribution is -2.26.